The highest BCUT2D eigenvalue weighted by Gasteiger charge is 2.35. The van der Waals surface area contributed by atoms with Crippen LogP contribution in [0.2, 0.25) is 0 Å². The van der Waals surface area contributed by atoms with Gasteiger partial charge in [-0.3, -0.25) is 9.69 Å². The van der Waals surface area contributed by atoms with Crippen LogP contribution in [0.25, 0.3) is 0 Å². The lowest BCUT2D eigenvalue weighted by Gasteiger charge is -2.19. The summed E-state index contributed by atoms with van der Waals surface area (Å²) in [5, 5.41) is 0. The van der Waals surface area contributed by atoms with Gasteiger partial charge in [-0.2, -0.15) is 0 Å². The minimum atomic E-state index is -0.0656. The summed E-state index contributed by atoms with van der Waals surface area (Å²) in [5.41, 5.74) is 5.74. The zero-order valence-electron chi connectivity index (χ0n) is 7.03. The molecule has 0 aromatic heterocycles. The third-order valence-corrected chi connectivity index (χ3v) is 2.60. The Kier molecular flexibility index (Phi) is 2.02. The van der Waals surface area contributed by atoms with E-state index in [0.29, 0.717) is 6.61 Å². The number of carbonyl (C=O) groups is 1. The van der Waals surface area contributed by atoms with Gasteiger partial charge in [-0.15, -0.1) is 0 Å². The molecule has 68 valence electrons. The van der Waals surface area contributed by atoms with Crippen molar-refractivity contribution in [3.8, 4) is 0 Å². The molecular formula is C8H14N2O2. The molecule has 2 heterocycles. The van der Waals surface area contributed by atoms with Crippen LogP contribution < -0.4 is 5.73 Å². The second-order valence-electron chi connectivity index (χ2n) is 3.52. The molecule has 1 unspecified atom stereocenters. The minimum Gasteiger partial charge on any atom is -0.464 e. The van der Waals surface area contributed by atoms with Crippen LogP contribution in [0.5, 0.6) is 0 Å². The van der Waals surface area contributed by atoms with Gasteiger partial charge < -0.3 is 10.5 Å². The number of cyclic esters (lactones) is 1. The topological polar surface area (TPSA) is 55.6 Å². The SMILES string of the molecule is N[C@H]1CCN(C2CCOC2=O)C1. The Bertz CT molecular complexity index is 195. The third-order valence-electron chi connectivity index (χ3n) is 2.60. The lowest BCUT2D eigenvalue weighted by atomic mass is 10.2. The highest BCUT2D eigenvalue weighted by molar-refractivity contribution is 5.77. The number of nitrogens with two attached hydrogens (primary N) is 1. The van der Waals surface area contributed by atoms with Crippen LogP contribution in [0.1, 0.15) is 12.8 Å². The molecule has 0 saturated carbocycles. The minimum absolute atomic E-state index is 0.00134. The van der Waals surface area contributed by atoms with Gasteiger partial charge in [0.2, 0.25) is 0 Å². The molecule has 2 fully saturated rings. The van der Waals surface area contributed by atoms with Crippen LogP contribution in [-0.2, 0) is 9.53 Å². The average molecular weight is 170 g/mol. The Labute approximate surface area is 71.7 Å². The summed E-state index contributed by atoms with van der Waals surface area (Å²) in [7, 11) is 0. The standard InChI is InChI=1S/C8H14N2O2/c9-6-1-3-10(5-6)7-2-4-12-8(7)11/h6-7H,1-5,9H2/t6-,7?/m0/s1. The van der Waals surface area contributed by atoms with E-state index >= 15 is 0 Å². The number of carbonyl (C=O) groups excluding carboxylic acids is 1. The Morgan fingerprint density at radius 2 is 2.33 bits per heavy atom. The third kappa shape index (κ3) is 1.32. The van der Waals surface area contributed by atoms with Gasteiger partial charge in [-0.25, -0.2) is 0 Å². The van der Waals surface area contributed by atoms with Gasteiger partial charge in [0, 0.05) is 25.6 Å². The maximum atomic E-state index is 11.2. The van der Waals surface area contributed by atoms with E-state index in [9.17, 15) is 4.79 Å². The van der Waals surface area contributed by atoms with Gasteiger partial charge in [0.25, 0.3) is 0 Å². The van der Waals surface area contributed by atoms with E-state index in [-0.39, 0.29) is 18.1 Å². The first-order valence-corrected chi connectivity index (χ1v) is 4.43. The first-order valence-electron chi connectivity index (χ1n) is 4.43. The molecular weight excluding hydrogens is 156 g/mol. The van der Waals surface area contributed by atoms with Crippen molar-refractivity contribution in [1.29, 1.82) is 0 Å². The number of rotatable bonds is 1. The van der Waals surface area contributed by atoms with Gasteiger partial charge in [0.05, 0.1) is 6.61 Å². The van der Waals surface area contributed by atoms with Crippen LogP contribution in [0.3, 0.4) is 0 Å². The fourth-order valence-electron chi connectivity index (χ4n) is 1.92. The molecule has 0 amide bonds. The normalized spacial score (nSPS) is 37.2. The Balaban J connectivity index is 1.96. The zero-order chi connectivity index (χ0) is 8.55. The van der Waals surface area contributed by atoms with E-state index in [1.54, 1.807) is 0 Å². The first kappa shape index (κ1) is 8.01. The summed E-state index contributed by atoms with van der Waals surface area (Å²) in [4.78, 5) is 13.3. The second kappa shape index (κ2) is 3.03. The largest absolute Gasteiger partial charge is 0.464 e. The number of likely N-dealkylation sites (tertiary alicyclic amines) is 1. The van der Waals surface area contributed by atoms with Gasteiger partial charge in [-0.1, -0.05) is 0 Å². The summed E-state index contributed by atoms with van der Waals surface area (Å²) in [6.45, 7) is 2.37. The lowest BCUT2D eigenvalue weighted by molar-refractivity contribution is -0.142. The number of nitrogens with zero attached hydrogens (tertiary/aromatic N) is 1. The summed E-state index contributed by atoms with van der Waals surface area (Å²) in [6, 6.07) is 0.247. The molecule has 0 aromatic rings. The van der Waals surface area contributed by atoms with E-state index in [1.165, 1.54) is 0 Å². The van der Waals surface area contributed by atoms with E-state index in [2.05, 4.69) is 4.90 Å². The number of esters is 1. The van der Waals surface area contributed by atoms with E-state index in [1.807, 2.05) is 0 Å². The van der Waals surface area contributed by atoms with E-state index in [0.717, 1.165) is 25.9 Å². The van der Waals surface area contributed by atoms with Crippen molar-refractivity contribution < 1.29 is 9.53 Å². The van der Waals surface area contributed by atoms with Crippen LogP contribution in [0.4, 0.5) is 0 Å². The summed E-state index contributed by atoms with van der Waals surface area (Å²) < 4.78 is 4.89. The van der Waals surface area contributed by atoms with E-state index < -0.39 is 0 Å². The number of ether oxygens (including phenoxy) is 1. The molecule has 0 spiro atoms. The summed E-state index contributed by atoms with van der Waals surface area (Å²) in [5.74, 6) is -0.0656. The zero-order valence-corrected chi connectivity index (χ0v) is 7.03. The first-order chi connectivity index (χ1) is 5.77. The highest BCUT2D eigenvalue weighted by atomic mass is 16.5. The van der Waals surface area contributed by atoms with E-state index in [4.69, 9.17) is 10.5 Å². The Hall–Kier alpha value is -0.610. The fourth-order valence-corrected chi connectivity index (χ4v) is 1.92. The molecule has 2 saturated heterocycles. The predicted molar refractivity (Wildman–Crippen MR) is 43.5 cm³/mol. The van der Waals surface area contributed by atoms with Crippen molar-refractivity contribution in [1.82, 2.24) is 4.90 Å². The maximum Gasteiger partial charge on any atom is 0.323 e. The molecule has 2 N–H and O–H groups in total. The monoisotopic (exact) mass is 170 g/mol. The predicted octanol–water partition coefficient (Wildman–Crippen LogP) is -0.665. The molecule has 2 atom stereocenters. The number of hydrogen-bond acceptors (Lipinski definition) is 4. The maximum absolute atomic E-state index is 11.2. The van der Waals surface area contributed by atoms with Crippen LogP contribution >= 0.6 is 0 Å². The smallest absolute Gasteiger partial charge is 0.323 e. The second-order valence-corrected chi connectivity index (χ2v) is 3.52. The molecule has 0 radical (unpaired) electrons. The molecule has 0 aliphatic carbocycles. The Morgan fingerprint density at radius 1 is 1.50 bits per heavy atom. The van der Waals surface area contributed by atoms with Gasteiger partial charge >= 0.3 is 5.97 Å². The molecule has 12 heavy (non-hydrogen) atoms. The lowest BCUT2D eigenvalue weighted by Crippen LogP contribution is -2.38. The van der Waals surface area contributed by atoms with Crippen LogP contribution in [0.15, 0.2) is 0 Å². The van der Waals surface area contributed by atoms with Crippen molar-refractivity contribution >= 4 is 5.97 Å². The number of hydrogen-bond donors (Lipinski definition) is 1. The molecule has 2 rings (SSSR count). The van der Waals surface area contributed by atoms with Crippen molar-refractivity contribution in [2.45, 2.75) is 24.9 Å². The van der Waals surface area contributed by atoms with Crippen molar-refractivity contribution in [2.75, 3.05) is 19.7 Å². The van der Waals surface area contributed by atoms with Crippen molar-refractivity contribution in [2.24, 2.45) is 5.73 Å². The fraction of sp³-hybridized carbons (Fsp3) is 0.875. The van der Waals surface area contributed by atoms with Crippen LogP contribution in [0, 0.1) is 0 Å². The average Bonchev–Trinajstić information content (AvgIpc) is 2.58. The summed E-state index contributed by atoms with van der Waals surface area (Å²) in [6.07, 6.45) is 1.84. The molecule has 4 nitrogen and oxygen atoms in total. The van der Waals surface area contributed by atoms with Gasteiger partial charge in [0.15, 0.2) is 0 Å². The Morgan fingerprint density at radius 3 is 2.83 bits per heavy atom. The van der Waals surface area contributed by atoms with Gasteiger partial charge in [-0.05, 0) is 6.42 Å². The molecule has 2 aliphatic rings. The molecule has 2 aliphatic heterocycles. The van der Waals surface area contributed by atoms with Crippen molar-refractivity contribution in [3.05, 3.63) is 0 Å². The molecule has 0 aromatic carbocycles. The molecule has 0 bridgehead atoms. The van der Waals surface area contributed by atoms with Gasteiger partial charge in [0.1, 0.15) is 6.04 Å². The summed E-state index contributed by atoms with van der Waals surface area (Å²) >= 11 is 0. The quantitative estimate of drug-likeness (QED) is 0.530. The van der Waals surface area contributed by atoms with Crippen molar-refractivity contribution in [3.63, 3.8) is 0 Å². The molecule has 4 heteroatoms. The highest BCUT2D eigenvalue weighted by Crippen LogP contribution is 2.18. The van der Waals surface area contributed by atoms with Crippen LogP contribution in [-0.4, -0.2) is 42.6 Å².